The number of carboxylic acids is 1. The van der Waals surface area contributed by atoms with Gasteiger partial charge in [0.2, 0.25) is 0 Å². The summed E-state index contributed by atoms with van der Waals surface area (Å²) < 4.78 is 5.55. The molecule has 0 aliphatic heterocycles. The van der Waals surface area contributed by atoms with Crippen molar-refractivity contribution in [3.63, 3.8) is 0 Å². The molecule has 1 aromatic rings. The van der Waals surface area contributed by atoms with E-state index in [0.29, 0.717) is 17.5 Å². The minimum Gasteiger partial charge on any atom is -0.492 e. The maximum atomic E-state index is 10.4. The van der Waals surface area contributed by atoms with Crippen molar-refractivity contribution in [1.29, 1.82) is 0 Å². The maximum Gasteiger partial charge on any atom is 0.303 e. The van der Waals surface area contributed by atoms with Crippen LogP contribution in [0.3, 0.4) is 0 Å². The van der Waals surface area contributed by atoms with Crippen LogP contribution in [0.25, 0.3) is 0 Å². The zero-order chi connectivity index (χ0) is 14.8. The summed E-state index contributed by atoms with van der Waals surface area (Å²) in [7, 11) is 0. The van der Waals surface area contributed by atoms with Gasteiger partial charge in [-0.15, -0.1) is 0 Å². The van der Waals surface area contributed by atoms with Gasteiger partial charge in [0.25, 0.3) is 0 Å². The molecule has 0 fully saturated rings. The smallest absolute Gasteiger partial charge is 0.303 e. The lowest BCUT2D eigenvalue weighted by molar-refractivity contribution is -0.137. The van der Waals surface area contributed by atoms with E-state index in [1.165, 1.54) is 0 Å². The summed E-state index contributed by atoms with van der Waals surface area (Å²) in [5, 5.41) is 12.5. The van der Waals surface area contributed by atoms with E-state index >= 15 is 0 Å². The van der Waals surface area contributed by atoms with Crippen LogP contribution in [0.2, 0.25) is 5.02 Å². The molecule has 4 nitrogen and oxygen atoms in total. The monoisotopic (exact) mass is 299 g/mol. The SMILES string of the molecule is CC(CCNCCOc1cccc(Cl)c1)CCC(=O)O. The van der Waals surface area contributed by atoms with Crippen LogP contribution >= 0.6 is 11.6 Å². The number of rotatable bonds is 10. The van der Waals surface area contributed by atoms with E-state index in [0.717, 1.165) is 31.7 Å². The van der Waals surface area contributed by atoms with Gasteiger partial charge in [-0.2, -0.15) is 0 Å². The van der Waals surface area contributed by atoms with Crippen LogP contribution in [0.5, 0.6) is 5.75 Å². The van der Waals surface area contributed by atoms with Gasteiger partial charge in [0.15, 0.2) is 0 Å². The molecule has 1 aromatic carbocycles. The first kappa shape index (κ1) is 16.8. The molecule has 20 heavy (non-hydrogen) atoms. The molecule has 0 spiro atoms. The highest BCUT2D eigenvalue weighted by Crippen LogP contribution is 2.16. The van der Waals surface area contributed by atoms with Gasteiger partial charge < -0.3 is 15.2 Å². The van der Waals surface area contributed by atoms with E-state index in [-0.39, 0.29) is 6.42 Å². The highest BCUT2D eigenvalue weighted by atomic mass is 35.5. The molecule has 0 aromatic heterocycles. The van der Waals surface area contributed by atoms with E-state index < -0.39 is 5.97 Å². The Labute approximate surface area is 125 Å². The fraction of sp³-hybridized carbons (Fsp3) is 0.533. The Balaban J connectivity index is 2.01. The maximum absolute atomic E-state index is 10.4. The largest absolute Gasteiger partial charge is 0.492 e. The van der Waals surface area contributed by atoms with Gasteiger partial charge in [-0.05, 0) is 43.5 Å². The third-order valence-corrected chi connectivity index (χ3v) is 3.24. The molecule has 0 radical (unpaired) electrons. The van der Waals surface area contributed by atoms with Crippen molar-refractivity contribution < 1.29 is 14.6 Å². The highest BCUT2D eigenvalue weighted by molar-refractivity contribution is 6.30. The molecule has 0 aliphatic rings. The van der Waals surface area contributed by atoms with E-state index in [4.69, 9.17) is 21.4 Å². The molecule has 1 unspecified atom stereocenters. The standard InChI is InChI=1S/C15H22ClNO3/c1-12(5-6-15(18)19)7-8-17-9-10-20-14-4-2-3-13(16)11-14/h2-4,11-12,17H,5-10H2,1H3,(H,18,19). The molecule has 5 heteroatoms. The highest BCUT2D eigenvalue weighted by Gasteiger charge is 2.04. The van der Waals surface area contributed by atoms with Crippen molar-refractivity contribution in [2.45, 2.75) is 26.2 Å². The zero-order valence-corrected chi connectivity index (χ0v) is 12.5. The second-order valence-corrected chi connectivity index (χ2v) is 5.32. The first-order valence-electron chi connectivity index (χ1n) is 6.89. The minimum absolute atomic E-state index is 0.249. The molecule has 0 amide bonds. The molecular formula is C15H22ClNO3. The molecule has 2 N–H and O–H groups in total. The van der Waals surface area contributed by atoms with Crippen molar-refractivity contribution in [1.82, 2.24) is 5.32 Å². The number of ether oxygens (including phenoxy) is 1. The van der Waals surface area contributed by atoms with Crippen LogP contribution in [0, 0.1) is 5.92 Å². The Kier molecular flexibility index (Phi) is 8.07. The lowest BCUT2D eigenvalue weighted by Gasteiger charge is -2.11. The van der Waals surface area contributed by atoms with Gasteiger partial charge in [-0.3, -0.25) is 4.79 Å². The Morgan fingerprint density at radius 3 is 2.90 bits per heavy atom. The quantitative estimate of drug-likeness (QED) is 0.651. The Morgan fingerprint density at radius 2 is 2.20 bits per heavy atom. The average molecular weight is 300 g/mol. The summed E-state index contributed by atoms with van der Waals surface area (Å²) >= 11 is 5.86. The molecule has 0 saturated heterocycles. The van der Waals surface area contributed by atoms with Gasteiger partial charge in [-0.25, -0.2) is 0 Å². The van der Waals surface area contributed by atoms with E-state index in [1.807, 2.05) is 18.2 Å². The number of carbonyl (C=O) groups is 1. The molecule has 0 saturated carbocycles. The molecule has 1 rings (SSSR count). The average Bonchev–Trinajstić information content (AvgIpc) is 2.40. The molecule has 112 valence electrons. The van der Waals surface area contributed by atoms with Crippen LogP contribution < -0.4 is 10.1 Å². The number of nitrogens with one attached hydrogen (secondary N) is 1. The summed E-state index contributed by atoms with van der Waals surface area (Å²) in [5.74, 6) is 0.473. The van der Waals surface area contributed by atoms with Crippen LogP contribution in [-0.4, -0.2) is 30.8 Å². The lowest BCUT2D eigenvalue weighted by atomic mass is 10.0. The van der Waals surface area contributed by atoms with Crippen LogP contribution in [0.4, 0.5) is 0 Å². The fourth-order valence-corrected chi connectivity index (χ4v) is 1.97. The first-order valence-corrected chi connectivity index (χ1v) is 7.26. The number of hydrogen-bond acceptors (Lipinski definition) is 3. The van der Waals surface area contributed by atoms with Crippen molar-refractivity contribution in [3.8, 4) is 5.75 Å². The van der Waals surface area contributed by atoms with Gasteiger partial charge in [0.1, 0.15) is 12.4 Å². The number of aliphatic carboxylic acids is 1. The Bertz CT molecular complexity index is 412. The van der Waals surface area contributed by atoms with E-state index in [1.54, 1.807) is 6.07 Å². The summed E-state index contributed by atoms with van der Waals surface area (Å²) in [6.07, 6.45) is 1.96. The van der Waals surface area contributed by atoms with Gasteiger partial charge in [0.05, 0.1) is 0 Å². The molecular weight excluding hydrogens is 278 g/mol. The summed E-state index contributed by atoms with van der Waals surface area (Å²) in [4.78, 5) is 10.4. The van der Waals surface area contributed by atoms with Gasteiger partial charge in [0, 0.05) is 18.0 Å². The summed E-state index contributed by atoms with van der Waals surface area (Å²) in [6.45, 7) is 4.30. The van der Waals surface area contributed by atoms with Gasteiger partial charge in [-0.1, -0.05) is 24.6 Å². The van der Waals surface area contributed by atoms with E-state index in [9.17, 15) is 4.79 Å². The van der Waals surface area contributed by atoms with Crippen molar-refractivity contribution >= 4 is 17.6 Å². The molecule has 0 bridgehead atoms. The third kappa shape index (κ3) is 8.02. The summed E-state index contributed by atoms with van der Waals surface area (Å²) in [6, 6.07) is 7.33. The predicted molar refractivity (Wildman–Crippen MR) is 80.5 cm³/mol. The zero-order valence-electron chi connectivity index (χ0n) is 11.8. The normalized spacial score (nSPS) is 12.1. The number of halogens is 1. The Hall–Kier alpha value is -1.26. The molecule has 0 aliphatic carbocycles. The Morgan fingerprint density at radius 1 is 1.40 bits per heavy atom. The van der Waals surface area contributed by atoms with Crippen LogP contribution in [-0.2, 0) is 4.79 Å². The predicted octanol–water partition coefficient (Wildman–Crippen LogP) is 3.20. The first-order chi connectivity index (χ1) is 9.58. The second-order valence-electron chi connectivity index (χ2n) is 4.88. The minimum atomic E-state index is -0.722. The van der Waals surface area contributed by atoms with Crippen molar-refractivity contribution in [3.05, 3.63) is 29.3 Å². The van der Waals surface area contributed by atoms with E-state index in [2.05, 4.69) is 12.2 Å². The van der Waals surface area contributed by atoms with Gasteiger partial charge >= 0.3 is 5.97 Å². The third-order valence-electron chi connectivity index (χ3n) is 3.01. The summed E-state index contributed by atoms with van der Waals surface area (Å²) in [5.41, 5.74) is 0. The molecule has 0 heterocycles. The van der Waals surface area contributed by atoms with Crippen LogP contribution in [0.15, 0.2) is 24.3 Å². The topological polar surface area (TPSA) is 58.6 Å². The number of hydrogen-bond donors (Lipinski definition) is 2. The fourth-order valence-electron chi connectivity index (χ4n) is 1.79. The van der Waals surface area contributed by atoms with Crippen molar-refractivity contribution in [2.75, 3.05) is 19.7 Å². The van der Waals surface area contributed by atoms with Crippen LogP contribution in [0.1, 0.15) is 26.2 Å². The lowest BCUT2D eigenvalue weighted by Crippen LogP contribution is -2.23. The number of carboxylic acid groups (broad SMARTS) is 1. The molecule has 1 atom stereocenters. The second kappa shape index (κ2) is 9.61. The number of benzene rings is 1. The van der Waals surface area contributed by atoms with Crippen molar-refractivity contribution in [2.24, 2.45) is 5.92 Å².